The molecule has 0 atom stereocenters. The lowest BCUT2D eigenvalue weighted by atomic mass is 10.1. The molecule has 3 rings (SSSR count). The predicted molar refractivity (Wildman–Crippen MR) is 99.1 cm³/mol. The highest BCUT2D eigenvalue weighted by Crippen LogP contribution is 2.26. The maximum absolute atomic E-state index is 12.9. The Morgan fingerprint density at radius 3 is 2.31 bits per heavy atom. The Hall–Kier alpha value is -1.77. The lowest BCUT2D eigenvalue weighted by Crippen LogP contribution is -2.50. The molecule has 1 fully saturated rings. The van der Waals surface area contributed by atoms with Crippen molar-refractivity contribution in [3.8, 4) is 0 Å². The Kier molecular flexibility index (Phi) is 5.74. The summed E-state index contributed by atoms with van der Waals surface area (Å²) < 4.78 is 40.2. The van der Waals surface area contributed by atoms with Gasteiger partial charge >= 0.3 is 0 Å². The predicted octanol–water partition coefficient (Wildman–Crippen LogP) is 2.53. The second-order valence-corrected chi connectivity index (χ2v) is 9.50. The van der Waals surface area contributed by atoms with Gasteiger partial charge in [-0.2, -0.15) is 4.31 Å². The van der Waals surface area contributed by atoms with Crippen LogP contribution >= 0.6 is 11.3 Å². The summed E-state index contributed by atoms with van der Waals surface area (Å²) in [5, 5.41) is 0. The molecule has 5 nitrogen and oxygen atoms in total. The Morgan fingerprint density at radius 1 is 1.08 bits per heavy atom. The van der Waals surface area contributed by atoms with Crippen LogP contribution in [-0.4, -0.2) is 49.7 Å². The van der Waals surface area contributed by atoms with Crippen molar-refractivity contribution in [2.75, 3.05) is 26.2 Å². The number of piperazine rings is 1. The lowest BCUT2D eigenvalue weighted by molar-refractivity contribution is -0.131. The fourth-order valence-corrected chi connectivity index (χ4v) is 5.75. The molecular formula is C18H21FN2O3S2. The van der Waals surface area contributed by atoms with Crippen LogP contribution in [0.15, 0.2) is 40.6 Å². The molecule has 1 saturated heterocycles. The number of hydrogen-bond donors (Lipinski definition) is 0. The average Bonchev–Trinajstić information content (AvgIpc) is 3.14. The molecule has 1 aromatic carbocycles. The SMILES string of the molecule is CCc1ccc(S(=O)(=O)N2CCN(C(=O)Cc3ccc(F)cc3)CC2)s1. The van der Waals surface area contributed by atoms with Crippen LogP contribution in [0.5, 0.6) is 0 Å². The smallest absolute Gasteiger partial charge is 0.252 e. The van der Waals surface area contributed by atoms with Gasteiger partial charge in [0.05, 0.1) is 6.42 Å². The number of carbonyl (C=O) groups is 1. The normalized spacial score (nSPS) is 16.0. The summed E-state index contributed by atoms with van der Waals surface area (Å²) in [5.74, 6) is -0.405. The zero-order valence-electron chi connectivity index (χ0n) is 14.5. The molecule has 1 aromatic heterocycles. The summed E-state index contributed by atoms with van der Waals surface area (Å²) in [7, 11) is -3.49. The maximum Gasteiger partial charge on any atom is 0.252 e. The van der Waals surface area contributed by atoms with Crippen molar-refractivity contribution in [2.45, 2.75) is 24.0 Å². The monoisotopic (exact) mass is 396 g/mol. The van der Waals surface area contributed by atoms with Gasteiger partial charge in [0.15, 0.2) is 0 Å². The Labute approximate surface area is 157 Å². The van der Waals surface area contributed by atoms with E-state index < -0.39 is 10.0 Å². The van der Waals surface area contributed by atoms with E-state index in [4.69, 9.17) is 0 Å². The fraction of sp³-hybridized carbons (Fsp3) is 0.389. The van der Waals surface area contributed by atoms with Gasteiger partial charge in [-0.1, -0.05) is 19.1 Å². The first-order chi connectivity index (χ1) is 12.4. The molecule has 1 amide bonds. The van der Waals surface area contributed by atoms with E-state index in [0.29, 0.717) is 17.3 Å². The van der Waals surface area contributed by atoms with E-state index >= 15 is 0 Å². The van der Waals surface area contributed by atoms with E-state index in [-0.39, 0.29) is 31.2 Å². The Morgan fingerprint density at radius 2 is 1.73 bits per heavy atom. The van der Waals surface area contributed by atoms with E-state index in [2.05, 4.69) is 0 Å². The minimum atomic E-state index is -3.49. The quantitative estimate of drug-likeness (QED) is 0.780. The average molecular weight is 397 g/mol. The van der Waals surface area contributed by atoms with Gasteiger partial charge < -0.3 is 4.90 Å². The number of nitrogens with zero attached hydrogens (tertiary/aromatic N) is 2. The van der Waals surface area contributed by atoms with Crippen LogP contribution in [0.2, 0.25) is 0 Å². The number of benzene rings is 1. The third-order valence-electron chi connectivity index (χ3n) is 4.44. The summed E-state index contributed by atoms with van der Waals surface area (Å²) in [6.45, 7) is 3.30. The Balaban J connectivity index is 1.59. The topological polar surface area (TPSA) is 57.7 Å². The van der Waals surface area contributed by atoms with Crippen LogP contribution in [0.3, 0.4) is 0 Å². The van der Waals surface area contributed by atoms with Crippen molar-refractivity contribution in [3.05, 3.63) is 52.7 Å². The van der Waals surface area contributed by atoms with Crippen LogP contribution in [0.1, 0.15) is 17.4 Å². The molecule has 0 N–H and O–H groups in total. The number of carbonyl (C=O) groups excluding carboxylic acids is 1. The molecular weight excluding hydrogens is 375 g/mol. The lowest BCUT2D eigenvalue weighted by Gasteiger charge is -2.33. The van der Waals surface area contributed by atoms with Gasteiger partial charge in [0.2, 0.25) is 5.91 Å². The summed E-state index contributed by atoms with van der Waals surface area (Å²) in [6.07, 6.45) is 1.00. The molecule has 8 heteroatoms. The second kappa shape index (κ2) is 7.85. The molecule has 2 aromatic rings. The number of amides is 1. The van der Waals surface area contributed by atoms with Crippen LogP contribution in [0.4, 0.5) is 4.39 Å². The van der Waals surface area contributed by atoms with E-state index in [1.54, 1.807) is 23.1 Å². The van der Waals surface area contributed by atoms with E-state index in [9.17, 15) is 17.6 Å². The van der Waals surface area contributed by atoms with Crippen LogP contribution < -0.4 is 0 Å². The Bertz CT molecular complexity index is 870. The minimum Gasteiger partial charge on any atom is -0.340 e. The van der Waals surface area contributed by atoms with Gasteiger partial charge in [0.1, 0.15) is 10.0 Å². The van der Waals surface area contributed by atoms with Gasteiger partial charge in [0.25, 0.3) is 10.0 Å². The molecule has 140 valence electrons. The molecule has 1 aliphatic heterocycles. The van der Waals surface area contributed by atoms with Crippen molar-refractivity contribution in [3.63, 3.8) is 0 Å². The molecule has 0 saturated carbocycles. The first kappa shape index (κ1) is 19.0. The van der Waals surface area contributed by atoms with Gasteiger partial charge in [-0.3, -0.25) is 4.79 Å². The minimum absolute atomic E-state index is 0.0713. The number of aryl methyl sites for hydroxylation is 1. The largest absolute Gasteiger partial charge is 0.340 e. The summed E-state index contributed by atoms with van der Waals surface area (Å²) in [4.78, 5) is 15.1. The second-order valence-electron chi connectivity index (χ2n) is 6.16. The van der Waals surface area contributed by atoms with Crippen molar-refractivity contribution in [2.24, 2.45) is 0 Å². The fourth-order valence-electron chi connectivity index (χ4n) is 2.88. The molecule has 26 heavy (non-hydrogen) atoms. The first-order valence-electron chi connectivity index (χ1n) is 8.51. The van der Waals surface area contributed by atoms with Gasteiger partial charge in [-0.25, -0.2) is 12.8 Å². The van der Waals surface area contributed by atoms with Crippen molar-refractivity contribution >= 4 is 27.3 Å². The first-order valence-corrected chi connectivity index (χ1v) is 10.8. The number of halogens is 1. The molecule has 0 radical (unpaired) electrons. The third-order valence-corrected chi connectivity index (χ3v) is 8.04. The highest BCUT2D eigenvalue weighted by atomic mass is 32.2. The van der Waals surface area contributed by atoms with E-state index in [0.717, 1.165) is 16.9 Å². The highest BCUT2D eigenvalue weighted by molar-refractivity contribution is 7.91. The zero-order valence-corrected chi connectivity index (χ0v) is 16.2. The van der Waals surface area contributed by atoms with Crippen molar-refractivity contribution < 1.29 is 17.6 Å². The number of sulfonamides is 1. The van der Waals surface area contributed by atoms with Crippen LogP contribution in [0.25, 0.3) is 0 Å². The molecule has 0 spiro atoms. The number of thiophene rings is 1. The van der Waals surface area contributed by atoms with E-state index in [1.165, 1.54) is 27.8 Å². The van der Waals surface area contributed by atoms with E-state index in [1.807, 2.05) is 13.0 Å². The van der Waals surface area contributed by atoms with Crippen molar-refractivity contribution in [1.29, 1.82) is 0 Å². The van der Waals surface area contributed by atoms with Crippen molar-refractivity contribution in [1.82, 2.24) is 9.21 Å². The van der Waals surface area contributed by atoms with Crippen LogP contribution in [0, 0.1) is 5.82 Å². The number of hydrogen-bond acceptors (Lipinski definition) is 4. The molecule has 0 bridgehead atoms. The van der Waals surface area contributed by atoms with Gasteiger partial charge in [0, 0.05) is 31.1 Å². The summed E-state index contributed by atoms with van der Waals surface area (Å²) in [6, 6.07) is 9.36. The highest BCUT2D eigenvalue weighted by Gasteiger charge is 2.31. The molecule has 0 aliphatic carbocycles. The number of rotatable bonds is 5. The maximum atomic E-state index is 12.9. The molecule has 0 unspecified atom stereocenters. The molecule has 2 heterocycles. The van der Waals surface area contributed by atoms with Gasteiger partial charge in [-0.15, -0.1) is 11.3 Å². The summed E-state index contributed by atoms with van der Waals surface area (Å²) in [5.41, 5.74) is 0.747. The summed E-state index contributed by atoms with van der Waals surface area (Å²) >= 11 is 1.30. The third kappa shape index (κ3) is 4.13. The molecule has 1 aliphatic rings. The van der Waals surface area contributed by atoms with Crippen LogP contribution in [-0.2, 0) is 27.7 Å². The van der Waals surface area contributed by atoms with Gasteiger partial charge in [-0.05, 0) is 36.2 Å². The zero-order chi connectivity index (χ0) is 18.7. The standard InChI is InChI=1S/C18H21FN2O3S2/c1-2-16-7-8-18(25-16)26(23,24)21-11-9-20(10-12-21)17(22)13-14-3-5-15(19)6-4-14/h3-8H,2,9-13H2,1H3.